The summed E-state index contributed by atoms with van der Waals surface area (Å²) < 4.78 is 32.6. The molecular formula is C40H74NO10P. The Kier molecular flexibility index (Phi) is 34.6. The minimum Gasteiger partial charge on any atom is -0.480 e. The van der Waals surface area contributed by atoms with Crippen molar-refractivity contribution in [3.8, 4) is 0 Å². The lowest BCUT2D eigenvalue weighted by Crippen LogP contribution is -2.34. The van der Waals surface area contributed by atoms with Gasteiger partial charge in [0.1, 0.15) is 12.6 Å². The molecule has 12 heteroatoms. The van der Waals surface area contributed by atoms with Gasteiger partial charge in [-0.3, -0.25) is 23.4 Å². The van der Waals surface area contributed by atoms with Gasteiger partial charge in [0.15, 0.2) is 6.10 Å². The van der Waals surface area contributed by atoms with Crippen LogP contribution in [0.4, 0.5) is 0 Å². The van der Waals surface area contributed by atoms with Gasteiger partial charge in [0.2, 0.25) is 0 Å². The van der Waals surface area contributed by atoms with Crippen molar-refractivity contribution in [3.05, 3.63) is 24.8 Å². The topological polar surface area (TPSA) is 172 Å². The van der Waals surface area contributed by atoms with E-state index in [4.69, 9.17) is 24.8 Å². The molecule has 0 aliphatic rings. The van der Waals surface area contributed by atoms with Gasteiger partial charge >= 0.3 is 25.7 Å². The molecule has 11 nitrogen and oxygen atoms in total. The van der Waals surface area contributed by atoms with Crippen LogP contribution in [0.1, 0.15) is 180 Å². The summed E-state index contributed by atoms with van der Waals surface area (Å²) >= 11 is 0. The van der Waals surface area contributed by atoms with Gasteiger partial charge in [0, 0.05) is 12.8 Å². The first-order chi connectivity index (χ1) is 25.1. The number of carboxylic acid groups (broad SMARTS) is 1. The monoisotopic (exact) mass is 760 g/mol. The lowest BCUT2D eigenvalue weighted by Gasteiger charge is -2.20. The van der Waals surface area contributed by atoms with Gasteiger partial charge in [-0.05, 0) is 51.4 Å². The lowest BCUT2D eigenvalue weighted by molar-refractivity contribution is -0.161. The van der Waals surface area contributed by atoms with Crippen molar-refractivity contribution in [2.24, 2.45) is 5.73 Å². The van der Waals surface area contributed by atoms with Crippen LogP contribution in [0, 0.1) is 0 Å². The molecule has 0 radical (unpaired) electrons. The summed E-state index contributed by atoms with van der Waals surface area (Å²) in [6, 6.07) is -1.52. The van der Waals surface area contributed by atoms with Gasteiger partial charge in [0.25, 0.3) is 0 Å². The van der Waals surface area contributed by atoms with E-state index in [0.717, 1.165) is 64.2 Å². The molecule has 0 saturated heterocycles. The second kappa shape index (κ2) is 36.0. The van der Waals surface area contributed by atoms with E-state index in [1.54, 1.807) is 0 Å². The molecule has 3 atom stereocenters. The predicted octanol–water partition coefficient (Wildman–Crippen LogP) is 10.3. The molecule has 0 amide bonds. The van der Waals surface area contributed by atoms with E-state index in [9.17, 15) is 23.8 Å². The van der Waals surface area contributed by atoms with E-state index < -0.39 is 51.1 Å². The summed E-state index contributed by atoms with van der Waals surface area (Å²) in [7, 11) is -4.71. The fraction of sp³-hybridized carbons (Fsp3) is 0.825. The summed E-state index contributed by atoms with van der Waals surface area (Å²) in [5, 5.41) is 8.87. The molecule has 4 N–H and O–H groups in total. The van der Waals surface area contributed by atoms with Crippen molar-refractivity contribution in [3.63, 3.8) is 0 Å². The number of phosphoric acid groups is 1. The molecule has 0 aromatic heterocycles. The minimum absolute atomic E-state index is 0.152. The molecule has 0 spiro atoms. The smallest absolute Gasteiger partial charge is 0.472 e. The molecule has 0 aromatic carbocycles. The SMILES string of the molecule is C=CCCCCCCCCCCCCCCCC(=O)OC[C@H](COP(=O)(O)OC[C@H](N)C(=O)O)OC(=O)CCCCCCC/C=C/CCCCCC. The fourth-order valence-corrected chi connectivity index (χ4v) is 6.35. The Bertz CT molecular complexity index is 976. The number of ether oxygens (including phenoxy) is 2. The highest BCUT2D eigenvalue weighted by Gasteiger charge is 2.28. The number of unbranched alkanes of at least 4 members (excludes halogenated alkanes) is 22. The molecule has 304 valence electrons. The molecule has 0 saturated carbocycles. The van der Waals surface area contributed by atoms with E-state index in [0.29, 0.717) is 12.8 Å². The van der Waals surface area contributed by atoms with Crippen molar-refractivity contribution in [2.75, 3.05) is 19.8 Å². The molecule has 52 heavy (non-hydrogen) atoms. The number of hydrogen-bond acceptors (Lipinski definition) is 9. The van der Waals surface area contributed by atoms with E-state index in [2.05, 4.69) is 30.2 Å². The molecule has 0 bridgehead atoms. The van der Waals surface area contributed by atoms with Crippen molar-refractivity contribution < 1.29 is 47.5 Å². The molecule has 0 heterocycles. The summed E-state index contributed by atoms with van der Waals surface area (Å²) in [6.45, 7) is 4.29. The van der Waals surface area contributed by atoms with E-state index in [1.165, 1.54) is 83.5 Å². The third-order valence-corrected chi connectivity index (χ3v) is 9.77. The van der Waals surface area contributed by atoms with E-state index in [-0.39, 0.29) is 19.4 Å². The Morgan fingerprint density at radius 1 is 0.635 bits per heavy atom. The van der Waals surface area contributed by atoms with Crippen LogP contribution in [0.25, 0.3) is 0 Å². The lowest BCUT2D eigenvalue weighted by atomic mass is 10.0. The van der Waals surface area contributed by atoms with Gasteiger partial charge in [0.05, 0.1) is 13.2 Å². The largest absolute Gasteiger partial charge is 0.480 e. The molecule has 0 aliphatic carbocycles. The number of allylic oxidation sites excluding steroid dienone is 3. The van der Waals surface area contributed by atoms with Crippen molar-refractivity contribution in [1.82, 2.24) is 0 Å². The number of carbonyl (C=O) groups excluding carboxylic acids is 2. The average Bonchev–Trinajstić information content (AvgIpc) is 3.12. The van der Waals surface area contributed by atoms with Gasteiger partial charge in [-0.25, -0.2) is 4.57 Å². The normalized spacial score (nSPS) is 13.8. The van der Waals surface area contributed by atoms with Crippen molar-refractivity contribution in [1.29, 1.82) is 0 Å². The highest BCUT2D eigenvalue weighted by atomic mass is 31.2. The zero-order valence-corrected chi connectivity index (χ0v) is 33.4. The molecular weight excluding hydrogens is 685 g/mol. The van der Waals surface area contributed by atoms with Crippen LogP contribution in [0.2, 0.25) is 0 Å². The molecule has 1 unspecified atom stereocenters. The Balaban J connectivity index is 4.38. The average molecular weight is 760 g/mol. The summed E-state index contributed by atoms with van der Waals surface area (Å²) in [4.78, 5) is 45.8. The van der Waals surface area contributed by atoms with Crippen LogP contribution < -0.4 is 5.73 Å². The first kappa shape index (κ1) is 50.0. The zero-order valence-electron chi connectivity index (χ0n) is 32.5. The van der Waals surface area contributed by atoms with Gasteiger partial charge < -0.3 is 25.2 Å². The number of esters is 2. The van der Waals surface area contributed by atoms with Crippen LogP contribution in [-0.2, 0) is 37.5 Å². The Morgan fingerprint density at radius 2 is 1.06 bits per heavy atom. The third-order valence-electron chi connectivity index (χ3n) is 8.82. The van der Waals surface area contributed by atoms with Crippen LogP contribution in [-0.4, -0.2) is 59.9 Å². The fourth-order valence-electron chi connectivity index (χ4n) is 5.57. The maximum Gasteiger partial charge on any atom is 0.472 e. The number of phosphoric ester groups is 1. The van der Waals surface area contributed by atoms with Crippen molar-refractivity contribution in [2.45, 2.75) is 192 Å². The van der Waals surface area contributed by atoms with Crippen LogP contribution >= 0.6 is 7.82 Å². The number of carboxylic acids is 1. The summed E-state index contributed by atoms with van der Waals surface area (Å²) in [5.74, 6) is -2.39. The first-order valence-electron chi connectivity index (χ1n) is 20.3. The quantitative estimate of drug-likeness (QED) is 0.0236. The Hall–Kier alpha value is -2.04. The molecule has 0 aromatic rings. The highest BCUT2D eigenvalue weighted by Crippen LogP contribution is 2.43. The van der Waals surface area contributed by atoms with Gasteiger partial charge in [-0.2, -0.15) is 0 Å². The Labute approximate surface area is 315 Å². The number of hydrogen-bond donors (Lipinski definition) is 3. The second-order valence-corrected chi connectivity index (χ2v) is 15.3. The van der Waals surface area contributed by atoms with Crippen LogP contribution in [0.15, 0.2) is 24.8 Å². The number of nitrogens with two attached hydrogens (primary N) is 1. The van der Waals surface area contributed by atoms with Crippen molar-refractivity contribution >= 4 is 25.7 Å². The molecule has 0 fully saturated rings. The van der Waals surface area contributed by atoms with E-state index >= 15 is 0 Å². The predicted molar refractivity (Wildman–Crippen MR) is 208 cm³/mol. The van der Waals surface area contributed by atoms with Gasteiger partial charge in [-0.15, -0.1) is 6.58 Å². The standard InChI is InChI=1S/C40H74NO10P/c1-3-5-7-9-11-13-15-17-18-20-21-23-25-27-29-31-38(42)48-33-36(34-49-52(46,47)50-35-37(41)40(44)45)51-39(43)32-30-28-26-24-22-19-16-14-12-10-8-6-4-2/h3,14,16,36-37H,1,4-13,15,17-35,41H2,2H3,(H,44,45)(H,46,47)/b16-14+/t36-,37+/m1/s1. The number of carbonyl (C=O) groups is 3. The second-order valence-electron chi connectivity index (χ2n) is 13.9. The maximum absolute atomic E-state index is 12.6. The Morgan fingerprint density at radius 3 is 1.54 bits per heavy atom. The zero-order chi connectivity index (χ0) is 38.5. The first-order valence-corrected chi connectivity index (χ1v) is 21.8. The number of aliphatic carboxylic acids is 1. The van der Waals surface area contributed by atoms with Crippen LogP contribution in [0.3, 0.4) is 0 Å². The van der Waals surface area contributed by atoms with Gasteiger partial charge in [-0.1, -0.05) is 134 Å². The third kappa shape index (κ3) is 35.0. The maximum atomic E-state index is 12.6. The summed E-state index contributed by atoms with van der Waals surface area (Å²) in [5.41, 5.74) is 5.32. The minimum atomic E-state index is -4.71. The summed E-state index contributed by atoms with van der Waals surface area (Å²) in [6.07, 6.45) is 34.2. The highest BCUT2D eigenvalue weighted by molar-refractivity contribution is 7.47. The van der Waals surface area contributed by atoms with E-state index in [1.807, 2.05) is 6.08 Å². The molecule has 0 aliphatic heterocycles. The van der Waals surface area contributed by atoms with Crippen LogP contribution in [0.5, 0.6) is 0 Å². The number of rotatable bonds is 39. The molecule has 0 rings (SSSR count).